The van der Waals surface area contributed by atoms with Crippen molar-refractivity contribution < 1.29 is 0 Å². The molecule has 1 aromatic heterocycles. The Hall–Kier alpha value is -2.06. The van der Waals surface area contributed by atoms with Crippen LogP contribution < -0.4 is 0 Å². The molecule has 0 saturated carbocycles. The normalized spacial score (nSPS) is 10.5. The summed E-state index contributed by atoms with van der Waals surface area (Å²) in [5.74, 6) is 0.892. The standard InChI is InChI=1S/C15H11ClN2/c16-13-6-4-5-12(11-13)15-17-9-10-18(15)14-7-2-1-3-8-14/h1-11H. The van der Waals surface area contributed by atoms with E-state index in [-0.39, 0.29) is 0 Å². The highest BCUT2D eigenvalue weighted by Crippen LogP contribution is 2.23. The number of benzene rings is 2. The van der Waals surface area contributed by atoms with E-state index in [1.165, 1.54) is 0 Å². The van der Waals surface area contributed by atoms with E-state index in [0.717, 1.165) is 22.1 Å². The van der Waals surface area contributed by atoms with Crippen molar-refractivity contribution >= 4 is 11.6 Å². The van der Waals surface area contributed by atoms with Crippen LogP contribution in [-0.4, -0.2) is 9.55 Å². The van der Waals surface area contributed by atoms with E-state index >= 15 is 0 Å². The summed E-state index contributed by atoms with van der Waals surface area (Å²) in [5, 5.41) is 0.718. The van der Waals surface area contributed by atoms with E-state index in [1.54, 1.807) is 6.20 Å². The predicted octanol–water partition coefficient (Wildman–Crippen LogP) is 4.19. The molecule has 2 aromatic carbocycles. The molecule has 0 saturated heterocycles. The first-order valence-corrected chi connectivity index (χ1v) is 6.07. The molecule has 3 rings (SSSR count). The minimum atomic E-state index is 0.718. The summed E-state index contributed by atoms with van der Waals surface area (Å²) in [6, 6.07) is 17.8. The lowest BCUT2D eigenvalue weighted by molar-refractivity contribution is 1.07. The smallest absolute Gasteiger partial charge is 0.144 e. The number of hydrogen-bond acceptors (Lipinski definition) is 1. The molecule has 0 amide bonds. The molecule has 0 fully saturated rings. The van der Waals surface area contributed by atoms with Crippen LogP contribution in [0.5, 0.6) is 0 Å². The Morgan fingerprint density at radius 1 is 0.944 bits per heavy atom. The zero-order valence-electron chi connectivity index (χ0n) is 9.62. The SMILES string of the molecule is Clc1cccc(-c2nccn2-c2ccccc2)c1. The molecular formula is C15H11ClN2. The highest BCUT2D eigenvalue weighted by molar-refractivity contribution is 6.30. The molecule has 0 bridgehead atoms. The van der Waals surface area contributed by atoms with Gasteiger partial charge >= 0.3 is 0 Å². The molecule has 0 aliphatic heterocycles. The maximum Gasteiger partial charge on any atom is 0.144 e. The summed E-state index contributed by atoms with van der Waals surface area (Å²) in [4.78, 5) is 4.41. The molecule has 1 heterocycles. The van der Waals surface area contributed by atoms with Gasteiger partial charge in [0.1, 0.15) is 5.82 Å². The van der Waals surface area contributed by atoms with Gasteiger partial charge in [0.05, 0.1) is 0 Å². The van der Waals surface area contributed by atoms with Crippen LogP contribution in [0.1, 0.15) is 0 Å². The van der Waals surface area contributed by atoms with Gasteiger partial charge in [-0.1, -0.05) is 41.9 Å². The fourth-order valence-corrected chi connectivity index (χ4v) is 2.13. The predicted molar refractivity (Wildman–Crippen MR) is 74.0 cm³/mol. The van der Waals surface area contributed by atoms with Crippen molar-refractivity contribution in [2.75, 3.05) is 0 Å². The number of aromatic nitrogens is 2. The van der Waals surface area contributed by atoms with Gasteiger partial charge < -0.3 is 0 Å². The number of halogens is 1. The van der Waals surface area contributed by atoms with Crippen molar-refractivity contribution in [3.05, 3.63) is 72.0 Å². The number of para-hydroxylation sites is 1. The van der Waals surface area contributed by atoms with Gasteiger partial charge in [-0.3, -0.25) is 4.57 Å². The molecule has 3 aromatic rings. The van der Waals surface area contributed by atoms with Gasteiger partial charge in [0.15, 0.2) is 0 Å². The van der Waals surface area contributed by atoms with Gasteiger partial charge in [-0.25, -0.2) is 4.98 Å². The number of rotatable bonds is 2. The average molecular weight is 255 g/mol. The third kappa shape index (κ3) is 2.03. The summed E-state index contributed by atoms with van der Waals surface area (Å²) < 4.78 is 2.05. The van der Waals surface area contributed by atoms with Crippen molar-refractivity contribution in [2.45, 2.75) is 0 Å². The molecule has 0 N–H and O–H groups in total. The lowest BCUT2D eigenvalue weighted by Gasteiger charge is -2.07. The van der Waals surface area contributed by atoms with Gasteiger partial charge in [-0.2, -0.15) is 0 Å². The maximum atomic E-state index is 6.02. The quantitative estimate of drug-likeness (QED) is 0.670. The van der Waals surface area contributed by atoms with Crippen LogP contribution in [0.3, 0.4) is 0 Å². The molecule has 0 unspecified atom stereocenters. The Labute approximate surface area is 110 Å². The van der Waals surface area contributed by atoms with Crippen molar-refractivity contribution in [2.24, 2.45) is 0 Å². The second-order valence-corrected chi connectivity index (χ2v) is 4.40. The van der Waals surface area contributed by atoms with Crippen molar-refractivity contribution in [1.82, 2.24) is 9.55 Å². The van der Waals surface area contributed by atoms with Gasteiger partial charge in [0.25, 0.3) is 0 Å². The Morgan fingerprint density at radius 3 is 2.56 bits per heavy atom. The number of imidazole rings is 1. The van der Waals surface area contributed by atoms with Gasteiger partial charge in [0, 0.05) is 28.7 Å². The Morgan fingerprint density at radius 2 is 1.78 bits per heavy atom. The topological polar surface area (TPSA) is 17.8 Å². The summed E-state index contributed by atoms with van der Waals surface area (Å²) >= 11 is 6.02. The van der Waals surface area contributed by atoms with Crippen molar-refractivity contribution in [3.63, 3.8) is 0 Å². The monoisotopic (exact) mass is 254 g/mol. The van der Waals surface area contributed by atoms with Crippen LogP contribution in [-0.2, 0) is 0 Å². The molecule has 2 nitrogen and oxygen atoms in total. The lowest BCUT2D eigenvalue weighted by Crippen LogP contribution is -1.95. The minimum absolute atomic E-state index is 0.718. The fraction of sp³-hybridized carbons (Fsp3) is 0. The zero-order chi connectivity index (χ0) is 12.4. The minimum Gasteiger partial charge on any atom is -0.300 e. The number of nitrogens with zero attached hydrogens (tertiary/aromatic N) is 2. The molecule has 18 heavy (non-hydrogen) atoms. The maximum absolute atomic E-state index is 6.02. The van der Waals surface area contributed by atoms with E-state index in [4.69, 9.17) is 11.6 Å². The molecule has 0 atom stereocenters. The largest absolute Gasteiger partial charge is 0.300 e. The first kappa shape index (κ1) is 11.1. The summed E-state index contributed by atoms with van der Waals surface area (Å²) in [7, 11) is 0. The van der Waals surface area contributed by atoms with Gasteiger partial charge in [0.2, 0.25) is 0 Å². The van der Waals surface area contributed by atoms with Crippen LogP contribution in [0, 0.1) is 0 Å². The molecular weight excluding hydrogens is 244 g/mol. The molecule has 3 heteroatoms. The molecule has 88 valence electrons. The summed E-state index contributed by atoms with van der Waals surface area (Å²) in [5.41, 5.74) is 2.10. The first-order valence-electron chi connectivity index (χ1n) is 5.69. The van der Waals surface area contributed by atoms with Crippen molar-refractivity contribution in [1.29, 1.82) is 0 Å². The Kier molecular flexibility index (Phi) is 2.87. The van der Waals surface area contributed by atoms with Gasteiger partial charge in [-0.05, 0) is 24.3 Å². The van der Waals surface area contributed by atoms with Gasteiger partial charge in [-0.15, -0.1) is 0 Å². The van der Waals surface area contributed by atoms with E-state index in [2.05, 4.69) is 17.1 Å². The second-order valence-electron chi connectivity index (χ2n) is 3.97. The fourth-order valence-electron chi connectivity index (χ4n) is 1.94. The second kappa shape index (κ2) is 4.67. The van der Waals surface area contributed by atoms with Crippen LogP contribution >= 0.6 is 11.6 Å². The molecule has 0 aliphatic rings. The first-order chi connectivity index (χ1) is 8.84. The highest BCUT2D eigenvalue weighted by Gasteiger charge is 2.07. The van der Waals surface area contributed by atoms with E-state index in [0.29, 0.717) is 0 Å². The summed E-state index contributed by atoms with van der Waals surface area (Å²) in [6.07, 6.45) is 3.74. The Bertz CT molecular complexity index is 659. The van der Waals surface area contributed by atoms with E-state index in [9.17, 15) is 0 Å². The third-order valence-electron chi connectivity index (χ3n) is 2.76. The van der Waals surface area contributed by atoms with E-state index in [1.807, 2.05) is 53.2 Å². The van der Waals surface area contributed by atoms with Crippen LogP contribution in [0.25, 0.3) is 17.1 Å². The highest BCUT2D eigenvalue weighted by atomic mass is 35.5. The summed E-state index contributed by atoms with van der Waals surface area (Å²) in [6.45, 7) is 0. The van der Waals surface area contributed by atoms with E-state index < -0.39 is 0 Å². The van der Waals surface area contributed by atoms with Crippen LogP contribution in [0.4, 0.5) is 0 Å². The lowest BCUT2D eigenvalue weighted by atomic mass is 10.2. The van der Waals surface area contributed by atoms with Crippen LogP contribution in [0.15, 0.2) is 67.0 Å². The average Bonchev–Trinajstić information content (AvgIpc) is 2.89. The number of hydrogen-bond donors (Lipinski definition) is 0. The van der Waals surface area contributed by atoms with Crippen molar-refractivity contribution in [3.8, 4) is 17.1 Å². The van der Waals surface area contributed by atoms with Crippen LogP contribution in [0.2, 0.25) is 5.02 Å². The Balaban J connectivity index is 2.13. The molecule has 0 aliphatic carbocycles. The molecule has 0 spiro atoms. The molecule has 0 radical (unpaired) electrons. The third-order valence-corrected chi connectivity index (χ3v) is 2.99. The zero-order valence-corrected chi connectivity index (χ0v) is 10.4.